The Morgan fingerprint density at radius 3 is 2.17 bits per heavy atom. The van der Waals surface area contributed by atoms with Gasteiger partial charge in [0.1, 0.15) is 26.3 Å². The van der Waals surface area contributed by atoms with Gasteiger partial charge in [-0.3, -0.25) is 14.4 Å². The molecule has 0 spiro atoms. The molecule has 1 amide bonds. The summed E-state index contributed by atoms with van der Waals surface area (Å²) >= 11 is 0. The van der Waals surface area contributed by atoms with Crippen LogP contribution >= 0.6 is 0 Å². The molecule has 0 radical (unpaired) electrons. The van der Waals surface area contributed by atoms with E-state index in [4.69, 9.17) is 9.47 Å². The monoisotopic (exact) mass is 416 g/mol. The maximum absolute atomic E-state index is 13.2. The number of amides is 1. The van der Waals surface area contributed by atoms with E-state index in [2.05, 4.69) is 9.47 Å². The van der Waals surface area contributed by atoms with Crippen molar-refractivity contribution in [2.45, 2.75) is 13.8 Å². The van der Waals surface area contributed by atoms with E-state index in [1.165, 1.54) is 14.2 Å². The highest BCUT2D eigenvalue weighted by atomic mass is 16.6. The Balaban J connectivity index is 1.95. The minimum atomic E-state index is -0.632. The summed E-state index contributed by atoms with van der Waals surface area (Å²) in [6.45, 7) is 3.91. The number of hydrogen-bond acceptors (Lipinski definition) is 7. The van der Waals surface area contributed by atoms with Crippen LogP contribution in [0.15, 0.2) is 24.3 Å². The number of aromatic nitrogens is 1. The number of carbonyl (C=O) groups is 3. The van der Waals surface area contributed by atoms with E-state index in [0.29, 0.717) is 36.0 Å². The van der Waals surface area contributed by atoms with Crippen LogP contribution in [0.4, 0.5) is 0 Å². The van der Waals surface area contributed by atoms with Crippen molar-refractivity contribution < 1.29 is 33.3 Å². The van der Waals surface area contributed by atoms with Crippen molar-refractivity contribution in [3.63, 3.8) is 0 Å². The number of ether oxygens (including phenoxy) is 4. The highest BCUT2D eigenvalue weighted by Gasteiger charge is 2.26. The normalized spacial score (nSPS) is 12.3. The molecular formula is C21H24N2O7. The van der Waals surface area contributed by atoms with Gasteiger partial charge in [-0.25, -0.2) is 0 Å². The molecule has 0 atom stereocenters. The van der Waals surface area contributed by atoms with Gasteiger partial charge >= 0.3 is 11.9 Å². The van der Waals surface area contributed by atoms with Crippen molar-refractivity contribution in [1.82, 2.24) is 9.47 Å². The molecule has 9 nitrogen and oxygen atoms in total. The molecule has 3 rings (SSSR count). The van der Waals surface area contributed by atoms with Crippen LogP contribution in [-0.2, 0) is 19.1 Å². The van der Waals surface area contributed by atoms with Crippen LogP contribution in [-0.4, -0.2) is 67.8 Å². The summed E-state index contributed by atoms with van der Waals surface area (Å²) in [5.41, 5.74) is 2.65. The van der Waals surface area contributed by atoms with Crippen LogP contribution in [0.3, 0.4) is 0 Å². The van der Waals surface area contributed by atoms with E-state index < -0.39 is 17.8 Å². The van der Waals surface area contributed by atoms with E-state index in [-0.39, 0.29) is 13.1 Å². The molecule has 0 unspecified atom stereocenters. The van der Waals surface area contributed by atoms with E-state index in [1.54, 1.807) is 13.0 Å². The summed E-state index contributed by atoms with van der Waals surface area (Å²) in [6.07, 6.45) is 0. The SMILES string of the molecule is COC(=O)CN(CC(=O)OC)C(=O)c1cc(C)n(-c2ccc3c(c2)OCCO3)c1C. The van der Waals surface area contributed by atoms with Crippen LogP contribution in [0.2, 0.25) is 0 Å². The van der Waals surface area contributed by atoms with E-state index in [9.17, 15) is 14.4 Å². The lowest BCUT2D eigenvalue weighted by Crippen LogP contribution is -2.40. The Labute approximate surface area is 174 Å². The summed E-state index contributed by atoms with van der Waals surface area (Å²) in [7, 11) is 2.44. The summed E-state index contributed by atoms with van der Waals surface area (Å²) in [6, 6.07) is 7.27. The standard InChI is InChI=1S/C21H24N2O7/c1-13-9-16(21(26)22(11-19(24)27-3)12-20(25)28-4)14(2)23(13)15-5-6-17-18(10-15)30-8-7-29-17/h5-6,9-10H,7-8,11-12H2,1-4H3. The van der Waals surface area contributed by atoms with E-state index >= 15 is 0 Å². The Bertz CT molecular complexity index is 962. The molecule has 0 saturated carbocycles. The van der Waals surface area contributed by atoms with E-state index in [1.807, 2.05) is 29.7 Å². The number of methoxy groups -OCH3 is 2. The molecule has 1 aromatic heterocycles. The van der Waals surface area contributed by atoms with Crippen molar-refractivity contribution in [2.24, 2.45) is 0 Å². The maximum atomic E-state index is 13.2. The van der Waals surface area contributed by atoms with Crippen molar-refractivity contribution >= 4 is 17.8 Å². The van der Waals surface area contributed by atoms with Crippen LogP contribution < -0.4 is 9.47 Å². The molecule has 1 aliphatic rings. The number of carbonyl (C=O) groups excluding carboxylic acids is 3. The van der Waals surface area contributed by atoms with Gasteiger partial charge in [0.15, 0.2) is 11.5 Å². The number of aryl methyl sites for hydroxylation is 1. The highest BCUT2D eigenvalue weighted by molar-refractivity contribution is 5.99. The predicted octanol–water partition coefficient (Wildman–Crippen LogP) is 1.65. The van der Waals surface area contributed by atoms with Gasteiger partial charge in [-0.1, -0.05) is 0 Å². The third kappa shape index (κ3) is 4.24. The first-order chi connectivity index (χ1) is 14.3. The molecule has 0 saturated heterocycles. The average molecular weight is 416 g/mol. The lowest BCUT2D eigenvalue weighted by atomic mass is 10.2. The fourth-order valence-corrected chi connectivity index (χ4v) is 3.36. The third-order valence-corrected chi connectivity index (χ3v) is 4.83. The molecule has 0 bridgehead atoms. The second-order valence-electron chi connectivity index (χ2n) is 6.76. The van der Waals surface area contributed by atoms with Crippen molar-refractivity contribution in [3.05, 3.63) is 41.2 Å². The second-order valence-corrected chi connectivity index (χ2v) is 6.76. The molecule has 9 heteroatoms. The van der Waals surface area contributed by atoms with E-state index in [0.717, 1.165) is 16.3 Å². The van der Waals surface area contributed by atoms with Gasteiger partial charge in [-0.15, -0.1) is 0 Å². The Morgan fingerprint density at radius 2 is 1.57 bits per heavy atom. The van der Waals surface area contributed by atoms with Crippen LogP contribution in [0.25, 0.3) is 5.69 Å². The molecule has 1 aromatic carbocycles. The molecular weight excluding hydrogens is 392 g/mol. The predicted molar refractivity (Wildman–Crippen MR) is 106 cm³/mol. The third-order valence-electron chi connectivity index (χ3n) is 4.83. The molecule has 160 valence electrons. The topological polar surface area (TPSA) is 96.3 Å². The molecule has 2 aromatic rings. The number of hydrogen-bond donors (Lipinski definition) is 0. The number of fused-ring (bicyclic) bond motifs is 1. The molecule has 0 fully saturated rings. The molecule has 2 heterocycles. The van der Waals surface area contributed by atoms with Crippen molar-refractivity contribution in [2.75, 3.05) is 40.5 Å². The summed E-state index contributed by atoms with van der Waals surface area (Å²) in [5.74, 6) is -0.424. The fourth-order valence-electron chi connectivity index (χ4n) is 3.36. The largest absolute Gasteiger partial charge is 0.486 e. The van der Waals surface area contributed by atoms with Gasteiger partial charge in [0.05, 0.1) is 19.8 Å². The first-order valence-electron chi connectivity index (χ1n) is 9.37. The van der Waals surface area contributed by atoms with Gasteiger partial charge in [0, 0.05) is 23.1 Å². The van der Waals surface area contributed by atoms with Crippen molar-refractivity contribution in [1.29, 1.82) is 0 Å². The summed E-state index contributed by atoms with van der Waals surface area (Å²) < 4.78 is 22.4. The average Bonchev–Trinajstić information content (AvgIpc) is 3.05. The number of esters is 2. The molecule has 1 aliphatic heterocycles. The summed E-state index contributed by atoms with van der Waals surface area (Å²) in [4.78, 5) is 37.7. The quantitative estimate of drug-likeness (QED) is 0.661. The Kier molecular flexibility index (Phi) is 6.29. The Morgan fingerprint density at radius 1 is 0.967 bits per heavy atom. The lowest BCUT2D eigenvalue weighted by Gasteiger charge is -2.21. The number of benzene rings is 1. The van der Waals surface area contributed by atoms with Crippen LogP contribution in [0.1, 0.15) is 21.7 Å². The first kappa shape index (κ1) is 21.2. The van der Waals surface area contributed by atoms with Crippen molar-refractivity contribution in [3.8, 4) is 17.2 Å². The fraction of sp³-hybridized carbons (Fsp3) is 0.381. The summed E-state index contributed by atoms with van der Waals surface area (Å²) in [5, 5.41) is 0. The molecule has 0 N–H and O–H groups in total. The van der Waals surface area contributed by atoms with Gasteiger partial charge in [-0.2, -0.15) is 0 Å². The van der Waals surface area contributed by atoms with Gasteiger partial charge in [-0.05, 0) is 32.0 Å². The number of rotatable bonds is 6. The zero-order valence-corrected chi connectivity index (χ0v) is 17.4. The second kappa shape index (κ2) is 8.89. The maximum Gasteiger partial charge on any atom is 0.325 e. The zero-order chi connectivity index (χ0) is 21.8. The minimum Gasteiger partial charge on any atom is -0.486 e. The van der Waals surface area contributed by atoms with Gasteiger partial charge in [0.2, 0.25) is 0 Å². The zero-order valence-electron chi connectivity index (χ0n) is 17.4. The van der Waals surface area contributed by atoms with Gasteiger partial charge < -0.3 is 28.4 Å². The minimum absolute atomic E-state index is 0.363. The number of nitrogens with zero attached hydrogens (tertiary/aromatic N) is 2. The Hall–Kier alpha value is -3.49. The molecule has 30 heavy (non-hydrogen) atoms. The van der Waals surface area contributed by atoms with Crippen LogP contribution in [0.5, 0.6) is 11.5 Å². The van der Waals surface area contributed by atoms with Crippen LogP contribution in [0, 0.1) is 13.8 Å². The highest BCUT2D eigenvalue weighted by Crippen LogP contribution is 2.33. The van der Waals surface area contributed by atoms with Gasteiger partial charge in [0.25, 0.3) is 5.91 Å². The smallest absolute Gasteiger partial charge is 0.325 e. The lowest BCUT2D eigenvalue weighted by molar-refractivity contribution is -0.144. The first-order valence-corrected chi connectivity index (χ1v) is 9.37. The molecule has 0 aliphatic carbocycles.